The van der Waals surface area contributed by atoms with E-state index < -0.39 is 0 Å². The zero-order valence-corrected chi connectivity index (χ0v) is 15.0. The Kier molecular flexibility index (Phi) is 6.06. The molecule has 1 aliphatic heterocycles. The lowest BCUT2D eigenvalue weighted by molar-refractivity contribution is 0.185. The van der Waals surface area contributed by atoms with E-state index in [1.807, 2.05) is 0 Å². The molecule has 2 aromatic rings. The van der Waals surface area contributed by atoms with Crippen molar-refractivity contribution in [2.75, 3.05) is 13.1 Å². The van der Waals surface area contributed by atoms with Crippen LogP contribution in [0.4, 0.5) is 0 Å². The molecule has 0 aromatic heterocycles. The fraction of sp³-hybridized carbons (Fsp3) is 0.455. The number of hydrogen-bond donors (Lipinski definition) is 1. The molecule has 0 saturated carbocycles. The molecule has 0 radical (unpaired) electrons. The number of nitrogens with zero attached hydrogens (tertiary/aromatic N) is 1. The van der Waals surface area contributed by atoms with E-state index in [0.717, 1.165) is 13.0 Å². The van der Waals surface area contributed by atoms with E-state index in [0.29, 0.717) is 12.1 Å². The molecule has 24 heavy (non-hydrogen) atoms. The number of benzene rings is 2. The lowest BCUT2D eigenvalue weighted by Crippen LogP contribution is -2.42. The van der Waals surface area contributed by atoms with Crippen LogP contribution >= 0.6 is 0 Å². The number of nitrogens with one attached hydrogen (secondary N) is 1. The molecule has 0 aliphatic carbocycles. The van der Waals surface area contributed by atoms with Crippen molar-refractivity contribution in [3.8, 4) is 0 Å². The summed E-state index contributed by atoms with van der Waals surface area (Å²) in [6.07, 6.45) is 3.59. The Bertz CT molecular complexity index is 598. The van der Waals surface area contributed by atoms with Crippen molar-refractivity contribution in [1.82, 2.24) is 10.2 Å². The van der Waals surface area contributed by atoms with Crippen molar-refractivity contribution in [3.63, 3.8) is 0 Å². The Hall–Kier alpha value is -1.64. The summed E-state index contributed by atoms with van der Waals surface area (Å²) in [5.74, 6) is 0. The molecule has 0 amide bonds. The van der Waals surface area contributed by atoms with Crippen molar-refractivity contribution >= 4 is 0 Å². The lowest BCUT2D eigenvalue weighted by Gasteiger charge is -2.34. The molecule has 128 valence electrons. The van der Waals surface area contributed by atoms with Crippen LogP contribution < -0.4 is 5.32 Å². The average molecular weight is 322 g/mol. The predicted molar refractivity (Wildman–Crippen MR) is 102 cm³/mol. The van der Waals surface area contributed by atoms with Crippen LogP contribution in [0.25, 0.3) is 0 Å². The third kappa shape index (κ3) is 4.68. The maximum Gasteiger partial charge on any atom is 0.0294 e. The van der Waals surface area contributed by atoms with Crippen LogP contribution in [0, 0.1) is 0 Å². The number of rotatable bonds is 6. The van der Waals surface area contributed by atoms with Crippen LogP contribution in [0.3, 0.4) is 0 Å². The fourth-order valence-corrected chi connectivity index (χ4v) is 3.59. The van der Waals surface area contributed by atoms with E-state index in [1.54, 1.807) is 0 Å². The van der Waals surface area contributed by atoms with E-state index in [9.17, 15) is 0 Å². The van der Waals surface area contributed by atoms with Gasteiger partial charge in [-0.2, -0.15) is 0 Å². The van der Waals surface area contributed by atoms with Gasteiger partial charge in [-0.05, 0) is 56.0 Å². The highest BCUT2D eigenvalue weighted by molar-refractivity contribution is 5.24. The Balaban J connectivity index is 1.46. The average Bonchev–Trinajstić information content (AvgIpc) is 2.64. The molecule has 0 unspecified atom stereocenters. The summed E-state index contributed by atoms with van der Waals surface area (Å²) in [5, 5.41) is 3.83. The number of aryl methyl sites for hydroxylation is 1. The molecule has 1 N–H and O–H groups in total. The number of hydrogen-bond acceptors (Lipinski definition) is 2. The van der Waals surface area contributed by atoms with Crippen LogP contribution in [0.5, 0.6) is 0 Å². The highest BCUT2D eigenvalue weighted by atomic mass is 15.1. The Morgan fingerprint density at radius 1 is 0.958 bits per heavy atom. The Morgan fingerprint density at radius 2 is 1.62 bits per heavy atom. The van der Waals surface area contributed by atoms with Crippen LogP contribution in [-0.4, -0.2) is 24.0 Å². The molecular weight excluding hydrogens is 292 g/mol. The van der Waals surface area contributed by atoms with Gasteiger partial charge in [0.1, 0.15) is 0 Å². The molecule has 1 heterocycles. The van der Waals surface area contributed by atoms with Gasteiger partial charge in [0.05, 0.1) is 0 Å². The monoisotopic (exact) mass is 322 g/mol. The Morgan fingerprint density at radius 3 is 2.25 bits per heavy atom. The van der Waals surface area contributed by atoms with Gasteiger partial charge in [-0.1, -0.05) is 61.5 Å². The van der Waals surface area contributed by atoms with Crippen LogP contribution in [-0.2, 0) is 13.0 Å². The second-order valence-electron chi connectivity index (χ2n) is 7.02. The molecular formula is C22H30N2. The molecule has 2 nitrogen and oxygen atoms in total. The van der Waals surface area contributed by atoms with Crippen molar-refractivity contribution < 1.29 is 0 Å². The normalized spacial score (nSPS) is 17.8. The van der Waals surface area contributed by atoms with Crippen molar-refractivity contribution in [2.24, 2.45) is 0 Å². The van der Waals surface area contributed by atoms with E-state index in [4.69, 9.17) is 0 Å². The summed E-state index contributed by atoms with van der Waals surface area (Å²) in [6, 6.07) is 21.0. The maximum absolute atomic E-state index is 3.83. The summed E-state index contributed by atoms with van der Waals surface area (Å²) >= 11 is 0. The largest absolute Gasteiger partial charge is 0.307 e. The summed E-state index contributed by atoms with van der Waals surface area (Å²) in [6.45, 7) is 7.96. The second-order valence-corrected chi connectivity index (χ2v) is 7.02. The minimum absolute atomic E-state index is 0.432. The first-order valence-electron chi connectivity index (χ1n) is 9.35. The Labute approximate surface area is 146 Å². The lowest BCUT2D eigenvalue weighted by atomic mass is 10.00. The van der Waals surface area contributed by atoms with Gasteiger partial charge in [-0.15, -0.1) is 0 Å². The zero-order chi connectivity index (χ0) is 16.8. The van der Waals surface area contributed by atoms with E-state index >= 15 is 0 Å². The second kappa shape index (κ2) is 8.46. The van der Waals surface area contributed by atoms with Gasteiger partial charge in [0, 0.05) is 18.6 Å². The van der Waals surface area contributed by atoms with Crippen molar-refractivity contribution in [2.45, 2.75) is 51.7 Å². The smallest absolute Gasteiger partial charge is 0.0294 e. The summed E-state index contributed by atoms with van der Waals surface area (Å²) in [7, 11) is 0. The highest BCUT2D eigenvalue weighted by Crippen LogP contribution is 2.19. The van der Waals surface area contributed by atoms with E-state index in [1.165, 1.54) is 42.6 Å². The summed E-state index contributed by atoms with van der Waals surface area (Å²) in [5.41, 5.74) is 4.24. The highest BCUT2D eigenvalue weighted by Gasteiger charge is 2.20. The molecule has 2 heteroatoms. The topological polar surface area (TPSA) is 15.3 Å². The van der Waals surface area contributed by atoms with Gasteiger partial charge in [-0.25, -0.2) is 0 Å². The minimum Gasteiger partial charge on any atom is -0.307 e. The molecule has 3 rings (SSSR count). The predicted octanol–water partition coefficient (Wildman–Crippen LogP) is 4.56. The third-order valence-corrected chi connectivity index (χ3v) is 5.21. The van der Waals surface area contributed by atoms with Gasteiger partial charge < -0.3 is 5.32 Å². The SMILES string of the molecule is CCc1ccc([C@@H](C)NC2CCN(Cc3ccccc3)CC2)cc1. The molecule has 1 saturated heterocycles. The molecule has 1 aliphatic rings. The van der Waals surface area contributed by atoms with Gasteiger partial charge in [0.2, 0.25) is 0 Å². The molecule has 0 spiro atoms. The maximum atomic E-state index is 3.83. The standard InChI is InChI=1S/C22H30N2/c1-3-19-9-11-21(12-10-19)18(2)23-22-13-15-24(16-14-22)17-20-7-5-4-6-8-20/h4-12,18,22-23H,3,13-17H2,1-2H3/t18-/m1/s1. The first-order chi connectivity index (χ1) is 11.7. The van der Waals surface area contributed by atoms with Gasteiger partial charge >= 0.3 is 0 Å². The summed E-state index contributed by atoms with van der Waals surface area (Å²) < 4.78 is 0. The van der Waals surface area contributed by atoms with Gasteiger partial charge in [0.15, 0.2) is 0 Å². The van der Waals surface area contributed by atoms with Gasteiger partial charge in [-0.3, -0.25) is 4.90 Å². The quantitative estimate of drug-likeness (QED) is 0.838. The first-order valence-corrected chi connectivity index (χ1v) is 9.35. The van der Waals surface area contributed by atoms with Crippen molar-refractivity contribution in [3.05, 3.63) is 71.3 Å². The first kappa shape index (κ1) is 17.2. The number of likely N-dealkylation sites (tertiary alicyclic amines) is 1. The summed E-state index contributed by atoms with van der Waals surface area (Å²) in [4.78, 5) is 2.58. The minimum atomic E-state index is 0.432. The fourth-order valence-electron chi connectivity index (χ4n) is 3.59. The molecule has 1 atom stereocenters. The van der Waals surface area contributed by atoms with Crippen molar-refractivity contribution in [1.29, 1.82) is 0 Å². The number of piperidine rings is 1. The molecule has 1 fully saturated rings. The van der Waals surface area contributed by atoms with E-state index in [2.05, 4.69) is 78.7 Å². The molecule has 0 bridgehead atoms. The van der Waals surface area contributed by atoms with E-state index in [-0.39, 0.29) is 0 Å². The third-order valence-electron chi connectivity index (χ3n) is 5.21. The van der Waals surface area contributed by atoms with Crippen LogP contribution in [0.2, 0.25) is 0 Å². The van der Waals surface area contributed by atoms with Gasteiger partial charge in [0.25, 0.3) is 0 Å². The van der Waals surface area contributed by atoms with Crippen LogP contribution in [0.1, 0.15) is 49.4 Å². The zero-order valence-electron chi connectivity index (χ0n) is 15.0. The molecule has 2 aromatic carbocycles. The van der Waals surface area contributed by atoms with Crippen LogP contribution in [0.15, 0.2) is 54.6 Å².